The van der Waals surface area contributed by atoms with Crippen molar-refractivity contribution in [1.82, 2.24) is 15.0 Å². The van der Waals surface area contributed by atoms with Crippen LogP contribution in [0.5, 0.6) is 0 Å². The van der Waals surface area contributed by atoms with Crippen LogP contribution in [0, 0.1) is 20.8 Å². The standard InChI is InChI=1S/C15H14N4OS/c1-8-4-5-11-12(6-8)21-15(18-11)19-14(20)13-9(2)10(3)16-7-17-13/h4-7H,1-3H3,(H,18,19,20). The minimum atomic E-state index is -0.256. The third-order valence-corrected chi connectivity index (χ3v) is 4.25. The SMILES string of the molecule is Cc1ccc2nc(NC(=O)c3ncnc(C)c3C)sc2c1. The fourth-order valence-electron chi connectivity index (χ4n) is 2.01. The second-order valence-corrected chi connectivity index (χ2v) is 5.91. The number of thiazole rings is 1. The van der Waals surface area contributed by atoms with Crippen molar-refractivity contribution in [2.24, 2.45) is 0 Å². The van der Waals surface area contributed by atoms with Crippen LogP contribution in [0.4, 0.5) is 5.13 Å². The van der Waals surface area contributed by atoms with Crippen molar-refractivity contribution in [2.75, 3.05) is 5.32 Å². The molecule has 0 fully saturated rings. The maximum atomic E-state index is 12.3. The van der Waals surface area contributed by atoms with Gasteiger partial charge < -0.3 is 0 Å². The van der Waals surface area contributed by atoms with Gasteiger partial charge in [-0.15, -0.1) is 0 Å². The summed E-state index contributed by atoms with van der Waals surface area (Å²) < 4.78 is 1.06. The molecule has 0 saturated carbocycles. The Balaban J connectivity index is 1.91. The van der Waals surface area contributed by atoms with E-state index in [0.29, 0.717) is 10.8 Å². The number of carbonyl (C=O) groups excluding carboxylic acids is 1. The summed E-state index contributed by atoms with van der Waals surface area (Å²) in [7, 11) is 0. The van der Waals surface area contributed by atoms with Gasteiger partial charge in [-0.05, 0) is 38.5 Å². The lowest BCUT2D eigenvalue weighted by atomic mass is 10.2. The lowest BCUT2D eigenvalue weighted by molar-refractivity contribution is 0.102. The van der Waals surface area contributed by atoms with Gasteiger partial charge in [0.1, 0.15) is 12.0 Å². The van der Waals surface area contributed by atoms with E-state index in [1.165, 1.54) is 23.2 Å². The number of anilines is 1. The van der Waals surface area contributed by atoms with Gasteiger partial charge in [0.15, 0.2) is 5.13 Å². The van der Waals surface area contributed by atoms with Crippen molar-refractivity contribution in [3.05, 3.63) is 47.0 Å². The highest BCUT2D eigenvalue weighted by atomic mass is 32.1. The fourth-order valence-corrected chi connectivity index (χ4v) is 2.97. The van der Waals surface area contributed by atoms with E-state index in [1.54, 1.807) is 0 Å². The summed E-state index contributed by atoms with van der Waals surface area (Å²) >= 11 is 1.46. The van der Waals surface area contributed by atoms with E-state index in [1.807, 2.05) is 32.9 Å². The van der Waals surface area contributed by atoms with Crippen LogP contribution >= 0.6 is 11.3 Å². The van der Waals surface area contributed by atoms with Crippen LogP contribution in [0.15, 0.2) is 24.5 Å². The molecule has 0 radical (unpaired) electrons. The molecule has 1 aromatic carbocycles. The maximum absolute atomic E-state index is 12.3. The molecule has 3 rings (SSSR count). The van der Waals surface area contributed by atoms with E-state index in [2.05, 4.69) is 26.3 Å². The highest BCUT2D eigenvalue weighted by Gasteiger charge is 2.15. The molecule has 0 saturated heterocycles. The van der Waals surface area contributed by atoms with E-state index < -0.39 is 0 Å². The number of aryl methyl sites for hydroxylation is 2. The molecule has 21 heavy (non-hydrogen) atoms. The van der Waals surface area contributed by atoms with Crippen LogP contribution in [0.1, 0.15) is 27.3 Å². The molecule has 2 heterocycles. The van der Waals surface area contributed by atoms with E-state index >= 15 is 0 Å². The molecule has 0 bridgehead atoms. The van der Waals surface area contributed by atoms with E-state index in [-0.39, 0.29) is 5.91 Å². The Morgan fingerprint density at radius 2 is 2.00 bits per heavy atom. The summed E-state index contributed by atoms with van der Waals surface area (Å²) in [5.74, 6) is -0.256. The number of carbonyl (C=O) groups is 1. The van der Waals surface area contributed by atoms with Gasteiger partial charge in [0.2, 0.25) is 0 Å². The number of aromatic nitrogens is 3. The molecular weight excluding hydrogens is 284 g/mol. The molecule has 0 unspecified atom stereocenters. The molecule has 106 valence electrons. The first-order chi connectivity index (χ1) is 10.0. The second kappa shape index (κ2) is 5.21. The van der Waals surface area contributed by atoms with Gasteiger partial charge >= 0.3 is 0 Å². The number of nitrogens with zero attached hydrogens (tertiary/aromatic N) is 3. The monoisotopic (exact) mass is 298 g/mol. The van der Waals surface area contributed by atoms with Gasteiger partial charge in [-0.2, -0.15) is 0 Å². The molecule has 0 aliphatic rings. The van der Waals surface area contributed by atoms with Crippen LogP contribution in [0.2, 0.25) is 0 Å². The van der Waals surface area contributed by atoms with Gasteiger partial charge in [0.05, 0.1) is 10.2 Å². The molecule has 6 heteroatoms. The summed E-state index contributed by atoms with van der Waals surface area (Å²) in [6.45, 7) is 5.73. The molecule has 0 aliphatic heterocycles. The Bertz CT molecular complexity index is 841. The van der Waals surface area contributed by atoms with Crippen molar-refractivity contribution in [3.63, 3.8) is 0 Å². The molecule has 1 amide bonds. The Kier molecular flexibility index (Phi) is 3.39. The number of rotatable bonds is 2. The highest BCUT2D eigenvalue weighted by Crippen LogP contribution is 2.27. The average Bonchev–Trinajstić information content (AvgIpc) is 2.83. The molecule has 0 aliphatic carbocycles. The van der Waals surface area contributed by atoms with Crippen molar-refractivity contribution < 1.29 is 4.79 Å². The normalized spacial score (nSPS) is 10.8. The third-order valence-electron chi connectivity index (χ3n) is 3.32. The zero-order valence-corrected chi connectivity index (χ0v) is 12.8. The zero-order chi connectivity index (χ0) is 15.0. The molecule has 0 spiro atoms. The first-order valence-electron chi connectivity index (χ1n) is 6.51. The number of hydrogen-bond donors (Lipinski definition) is 1. The predicted molar refractivity (Wildman–Crippen MR) is 83.8 cm³/mol. The van der Waals surface area contributed by atoms with Gasteiger partial charge in [0.25, 0.3) is 5.91 Å². The molecule has 2 aromatic heterocycles. The molecule has 0 atom stereocenters. The molecular formula is C15H14N4OS. The number of amides is 1. The Labute approximate surface area is 126 Å². The van der Waals surface area contributed by atoms with Crippen LogP contribution in [0.3, 0.4) is 0 Å². The minimum absolute atomic E-state index is 0.256. The molecule has 5 nitrogen and oxygen atoms in total. The summed E-state index contributed by atoms with van der Waals surface area (Å²) in [5.41, 5.74) is 4.03. The van der Waals surface area contributed by atoms with Gasteiger partial charge in [0, 0.05) is 11.3 Å². The highest BCUT2D eigenvalue weighted by molar-refractivity contribution is 7.22. The largest absolute Gasteiger partial charge is 0.296 e. The Morgan fingerprint density at radius 1 is 1.19 bits per heavy atom. The van der Waals surface area contributed by atoms with Gasteiger partial charge in [-0.25, -0.2) is 15.0 Å². The molecule has 1 N–H and O–H groups in total. The molecule has 3 aromatic rings. The third kappa shape index (κ3) is 2.62. The summed E-state index contributed by atoms with van der Waals surface area (Å²) in [6.07, 6.45) is 1.40. The number of benzene rings is 1. The Hall–Kier alpha value is -2.34. The van der Waals surface area contributed by atoms with Crippen LogP contribution in [-0.2, 0) is 0 Å². The topological polar surface area (TPSA) is 67.8 Å². The fraction of sp³-hybridized carbons (Fsp3) is 0.200. The number of nitrogens with one attached hydrogen (secondary N) is 1. The van der Waals surface area contributed by atoms with E-state index in [9.17, 15) is 4.79 Å². The van der Waals surface area contributed by atoms with Crippen molar-refractivity contribution >= 4 is 32.6 Å². The Morgan fingerprint density at radius 3 is 2.81 bits per heavy atom. The first-order valence-corrected chi connectivity index (χ1v) is 7.33. The van der Waals surface area contributed by atoms with E-state index in [4.69, 9.17) is 0 Å². The zero-order valence-electron chi connectivity index (χ0n) is 12.0. The quantitative estimate of drug-likeness (QED) is 0.788. The summed E-state index contributed by atoms with van der Waals surface area (Å²) in [4.78, 5) is 24.8. The number of hydrogen-bond acceptors (Lipinski definition) is 5. The lowest BCUT2D eigenvalue weighted by Gasteiger charge is -2.05. The van der Waals surface area contributed by atoms with Crippen molar-refractivity contribution in [3.8, 4) is 0 Å². The van der Waals surface area contributed by atoms with Crippen molar-refractivity contribution in [1.29, 1.82) is 0 Å². The van der Waals surface area contributed by atoms with Crippen LogP contribution in [0.25, 0.3) is 10.2 Å². The lowest BCUT2D eigenvalue weighted by Crippen LogP contribution is -2.16. The average molecular weight is 298 g/mol. The summed E-state index contributed by atoms with van der Waals surface area (Å²) in [6, 6.07) is 6.02. The van der Waals surface area contributed by atoms with Gasteiger partial charge in [-0.1, -0.05) is 17.4 Å². The predicted octanol–water partition coefficient (Wildman–Crippen LogP) is 3.26. The first kappa shape index (κ1) is 13.6. The smallest absolute Gasteiger partial charge is 0.276 e. The number of fused-ring (bicyclic) bond motifs is 1. The minimum Gasteiger partial charge on any atom is -0.296 e. The van der Waals surface area contributed by atoms with Crippen molar-refractivity contribution in [2.45, 2.75) is 20.8 Å². The second-order valence-electron chi connectivity index (χ2n) is 4.88. The van der Waals surface area contributed by atoms with Crippen LogP contribution in [-0.4, -0.2) is 20.9 Å². The maximum Gasteiger partial charge on any atom is 0.276 e. The van der Waals surface area contributed by atoms with E-state index in [0.717, 1.165) is 21.5 Å². The van der Waals surface area contributed by atoms with Gasteiger partial charge in [-0.3, -0.25) is 10.1 Å². The van der Waals surface area contributed by atoms with Crippen LogP contribution < -0.4 is 5.32 Å². The summed E-state index contributed by atoms with van der Waals surface area (Å²) in [5, 5.41) is 3.39.